The Morgan fingerprint density at radius 1 is 1.15 bits per heavy atom. The second-order valence-corrected chi connectivity index (χ2v) is 8.79. The van der Waals surface area contributed by atoms with Gasteiger partial charge in [-0.2, -0.15) is 0 Å². The van der Waals surface area contributed by atoms with Gasteiger partial charge < -0.3 is 24.6 Å². The van der Waals surface area contributed by atoms with Crippen LogP contribution in [0.4, 0.5) is 11.5 Å². The van der Waals surface area contributed by atoms with Crippen LogP contribution in [0, 0.1) is 12.8 Å². The Bertz CT molecular complexity index is 1270. The highest BCUT2D eigenvalue weighted by Gasteiger charge is 2.16. The maximum Gasteiger partial charge on any atom is 0.145 e. The highest BCUT2D eigenvalue weighted by atomic mass is 35.5. The topological polar surface area (TPSA) is 94.3 Å². The molecule has 176 valence electrons. The van der Waals surface area contributed by atoms with Crippen LogP contribution in [-0.2, 0) is 6.61 Å². The van der Waals surface area contributed by atoms with Gasteiger partial charge in [0.25, 0.3) is 0 Å². The fourth-order valence-electron chi connectivity index (χ4n) is 4.04. The van der Waals surface area contributed by atoms with E-state index >= 15 is 0 Å². The fourth-order valence-corrected chi connectivity index (χ4v) is 4.27. The van der Waals surface area contributed by atoms with E-state index in [9.17, 15) is 0 Å². The number of nitrogens with one attached hydrogen (secondary N) is 2. The Balaban J connectivity index is 1.33. The molecule has 9 heteroatoms. The zero-order valence-corrected chi connectivity index (χ0v) is 19.6. The summed E-state index contributed by atoms with van der Waals surface area (Å²) in [4.78, 5) is 8.90. The van der Waals surface area contributed by atoms with Crippen molar-refractivity contribution in [2.24, 2.45) is 5.92 Å². The standard InChI is InChI=1S/C25H26ClN5O3/c1-16-10-19(31-34-16)14-33-22-8-7-18(11-20(22)26)30-25-24-21(28-15-29-25)5-2-6-23(24)32-13-17-4-3-9-27-12-17/h2,5-8,10-11,15,17,27H,3-4,9,12-14H2,1H3,(H,28,29,30)/t17-/m1/s1. The summed E-state index contributed by atoms with van der Waals surface area (Å²) >= 11 is 6.48. The first-order valence-corrected chi connectivity index (χ1v) is 11.7. The molecular formula is C25H26ClN5O3. The third kappa shape index (κ3) is 5.24. The predicted molar refractivity (Wildman–Crippen MR) is 131 cm³/mol. The van der Waals surface area contributed by atoms with Gasteiger partial charge >= 0.3 is 0 Å². The summed E-state index contributed by atoms with van der Waals surface area (Å²) in [6.07, 6.45) is 3.89. The van der Waals surface area contributed by atoms with Crippen LogP contribution in [0.5, 0.6) is 11.5 Å². The highest BCUT2D eigenvalue weighted by molar-refractivity contribution is 6.32. The summed E-state index contributed by atoms with van der Waals surface area (Å²) in [6, 6.07) is 13.2. The number of nitrogens with zero attached hydrogens (tertiary/aromatic N) is 3. The van der Waals surface area contributed by atoms with E-state index in [2.05, 4.69) is 25.8 Å². The normalized spacial score (nSPS) is 15.9. The second-order valence-electron chi connectivity index (χ2n) is 8.38. The van der Waals surface area contributed by atoms with Crippen molar-refractivity contribution in [3.8, 4) is 11.5 Å². The monoisotopic (exact) mass is 479 g/mol. The quantitative estimate of drug-likeness (QED) is 0.352. The van der Waals surface area contributed by atoms with Crippen molar-refractivity contribution in [1.29, 1.82) is 0 Å². The average molecular weight is 480 g/mol. The number of fused-ring (bicyclic) bond motifs is 1. The predicted octanol–water partition coefficient (Wildman–Crippen LogP) is 5.28. The molecule has 0 bridgehead atoms. The number of rotatable bonds is 8. The minimum atomic E-state index is 0.275. The molecule has 1 aliphatic heterocycles. The number of hydrogen-bond donors (Lipinski definition) is 2. The molecule has 8 nitrogen and oxygen atoms in total. The summed E-state index contributed by atoms with van der Waals surface area (Å²) in [5, 5.41) is 12.0. The number of hydrogen-bond acceptors (Lipinski definition) is 8. The molecule has 1 saturated heterocycles. The van der Waals surface area contributed by atoms with Gasteiger partial charge in [-0.3, -0.25) is 0 Å². The maximum absolute atomic E-state index is 6.48. The van der Waals surface area contributed by atoms with E-state index in [1.165, 1.54) is 12.8 Å². The van der Waals surface area contributed by atoms with Gasteiger partial charge in [0, 0.05) is 24.2 Å². The molecule has 0 radical (unpaired) electrons. The van der Waals surface area contributed by atoms with E-state index in [0.717, 1.165) is 41.2 Å². The first-order valence-electron chi connectivity index (χ1n) is 11.3. The third-order valence-corrected chi connectivity index (χ3v) is 6.04. The molecule has 2 aromatic heterocycles. The van der Waals surface area contributed by atoms with E-state index in [1.54, 1.807) is 12.4 Å². The van der Waals surface area contributed by atoms with Crippen LogP contribution in [0.25, 0.3) is 10.9 Å². The highest BCUT2D eigenvalue weighted by Crippen LogP contribution is 2.34. The second kappa shape index (κ2) is 10.3. The lowest BCUT2D eigenvalue weighted by Crippen LogP contribution is -2.33. The van der Waals surface area contributed by atoms with Gasteiger partial charge in [-0.1, -0.05) is 22.8 Å². The summed E-state index contributed by atoms with van der Waals surface area (Å²) < 4.78 is 17.1. The zero-order chi connectivity index (χ0) is 23.3. The molecule has 2 aromatic carbocycles. The lowest BCUT2D eigenvalue weighted by Gasteiger charge is -2.23. The molecule has 2 N–H and O–H groups in total. The number of benzene rings is 2. The molecule has 0 spiro atoms. The average Bonchev–Trinajstić information content (AvgIpc) is 3.28. The van der Waals surface area contributed by atoms with Gasteiger partial charge in [-0.25, -0.2) is 9.97 Å². The molecule has 1 aliphatic rings. The van der Waals surface area contributed by atoms with Crippen molar-refractivity contribution in [3.05, 3.63) is 65.3 Å². The van der Waals surface area contributed by atoms with Gasteiger partial charge in [0.15, 0.2) is 0 Å². The maximum atomic E-state index is 6.48. The van der Waals surface area contributed by atoms with Gasteiger partial charge in [0.05, 0.1) is 22.5 Å². The first kappa shape index (κ1) is 22.4. The van der Waals surface area contributed by atoms with E-state index in [0.29, 0.717) is 34.8 Å². The van der Waals surface area contributed by atoms with Gasteiger partial charge in [-0.05, 0) is 56.6 Å². The Morgan fingerprint density at radius 2 is 2.09 bits per heavy atom. The molecule has 4 aromatic rings. The van der Waals surface area contributed by atoms with Gasteiger partial charge in [0.2, 0.25) is 0 Å². The number of piperidine rings is 1. The number of halogens is 1. The van der Waals surface area contributed by atoms with Crippen molar-refractivity contribution in [1.82, 2.24) is 20.4 Å². The third-order valence-electron chi connectivity index (χ3n) is 5.75. The molecule has 0 unspecified atom stereocenters. The molecule has 34 heavy (non-hydrogen) atoms. The SMILES string of the molecule is Cc1cc(COc2ccc(Nc3ncnc4cccc(OC[C@@H]5CCCNC5)c34)cc2Cl)no1. The van der Waals surface area contributed by atoms with Crippen molar-refractivity contribution >= 4 is 34.0 Å². The van der Waals surface area contributed by atoms with E-state index < -0.39 is 0 Å². The summed E-state index contributed by atoms with van der Waals surface area (Å²) in [5.74, 6) is 3.22. The number of aromatic nitrogens is 3. The number of ether oxygens (including phenoxy) is 2. The van der Waals surface area contributed by atoms with Crippen molar-refractivity contribution < 1.29 is 14.0 Å². The summed E-state index contributed by atoms with van der Waals surface area (Å²) in [6.45, 7) is 4.83. The Kier molecular flexibility index (Phi) is 6.78. The molecule has 0 amide bonds. The van der Waals surface area contributed by atoms with Crippen molar-refractivity contribution in [2.45, 2.75) is 26.4 Å². The zero-order valence-electron chi connectivity index (χ0n) is 18.9. The van der Waals surface area contributed by atoms with Crippen LogP contribution in [0.15, 0.2) is 53.3 Å². The van der Waals surface area contributed by atoms with Crippen molar-refractivity contribution in [2.75, 3.05) is 25.0 Å². The molecule has 5 rings (SSSR count). The summed E-state index contributed by atoms with van der Waals surface area (Å²) in [7, 11) is 0. The molecule has 1 atom stereocenters. The lowest BCUT2D eigenvalue weighted by atomic mass is 10.0. The largest absolute Gasteiger partial charge is 0.492 e. The van der Waals surface area contributed by atoms with Crippen LogP contribution >= 0.6 is 11.6 Å². The van der Waals surface area contributed by atoms with Crippen molar-refractivity contribution in [3.63, 3.8) is 0 Å². The smallest absolute Gasteiger partial charge is 0.145 e. The molecule has 0 saturated carbocycles. The van der Waals surface area contributed by atoms with Crippen LogP contribution in [0.3, 0.4) is 0 Å². The van der Waals surface area contributed by atoms with E-state index in [-0.39, 0.29) is 6.61 Å². The fraction of sp³-hybridized carbons (Fsp3) is 0.320. The van der Waals surface area contributed by atoms with E-state index in [4.69, 9.17) is 25.6 Å². The van der Waals surface area contributed by atoms with Gasteiger partial charge in [0.1, 0.15) is 41.7 Å². The van der Waals surface area contributed by atoms with Gasteiger partial charge in [-0.15, -0.1) is 0 Å². The Labute approximate surface area is 202 Å². The Morgan fingerprint density at radius 3 is 2.88 bits per heavy atom. The minimum Gasteiger partial charge on any atom is -0.492 e. The minimum absolute atomic E-state index is 0.275. The molecule has 1 fully saturated rings. The molecule has 3 heterocycles. The number of aryl methyl sites for hydroxylation is 1. The lowest BCUT2D eigenvalue weighted by molar-refractivity contribution is 0.220. The molecular weight excluding hydrogens is 454 g/mol. The van der Waals surface area contributed by atoms with Crippen LogP contribution in [-0.4, -0.2) is 34.8 Å². The summed E-state index contributed by atoms with van der Waals surface area (Å²) in [5.41, 5.74) is 2.30. The Hall–Kier alpha value is -3.36. The van der Waals surface area contributed by atoms with Crippen LogP contribution in [0.1, 0.15) is 24.3 Å². The molecule has 0 aliphatic carbocycles. The van der Waals surface area contributed by atoms with E-state index in [1.807, 2.05) is 43.3 Å². The number of anilines is 2. The first-order chi connectivity index (χ1) is 16.7. The van der Waals surface area contributed by atoms with Crippen LogP contribution in [0.2, 0.25) is 5.02 Å². The van der Waals surface area contributed by atoms with Crippen LogP contribution < -0.4 is 20.1 Å².